The van der Waals surface area contributed by atoms with Crippen LogP contribution in [-0.4, -0.2) is 39.8 Å². The summed E-state index contributed by atoms with van der Waals surface area (Å²) >= 11 is 5.84. The number of carbonyl (C=O) groups excluding carboxylic acids is 2. The molecule has 0 saturated carbocycles. The maximum Gasteiger partial charge on any atom is 0.308 e. The molecule has 29 heavy (non-hydrogen) atoms. The van der Waals surface area contributed by atoms with Crippen LogP contribution in [0.25, 0.3) is 0 Å². The number of amides is 2. The first-order valence-corrected chi connectivity index (χ1v) is 10.8. The molecule has 3 rings (SSSR count). The number of aliphatic imine (C=N–C) groups is 1. The number of nitrogens with one attached hydrogen (secondary N) is 2. The molecule has 2 heterocycles. The molecule has 15 heteroatoms. The van der Waals surface area contributed by atoms with E-state index in [1.807, 2.05) is 5.43 Å². The molecule has 152 valence electrons. The molecule has 0 bridgehead atoms. The van der Waals surface area contributed by atoms with Gasteiger partial charge in [0.05, 0.1) is 10.7 Å². The number of halogens is 1. The molecule has 2 aromatic rings. The summed E-state index contributed by atoms with van der Waals surface area (Å²) < 4.78 is 49.0. The van der Waals surface area contributed by atoms with E-state index in [4.69, 9.17) is 16.7 Å². The zero-order valence-corrected chi connectivity index (χ0v) is 16.5. The first-order valence-electron chi connectivity index (χ1n) is 7.44. The Bertz CT molecular complexity index is 1290. The average Bonchev–Trinajstić information content (AvgIpc) is 2.64. The van der Waals surface area contributed by atoms with E-state index in [0.717, 1.165) is 12.1 Å². The number of pyridine rings is 1. The Kier molecular flexibility index (Phi) is 5.38. The minimum atomic E-state index is -4.28. The first-order chi connectivity index (χ1) is 13.5. The number of nitrogens with two attached hydrogens (primary N) is 1. The van der Waals surface area contributed by atoms with Crippen LogP contribution in [0.4, 0.5) is 5.69 Å². The summed E-state index contributed by atoms with van der Waals surface area (Å²) in [6.07, 6.45) is 2.74. The standard InChI is InChI=1S/C14H11ClN6O6S2/c15-8-5-9-11(6-10(8)28(16,24)25)29(26,27)21-12(18-9)14(23)20-19-13(22)7-1-3-17-4-2-7/h1-6H,(H,19,22)(H,20,23)(H2,16,24,25)(H,18,21,26,27). The number of aromatic nitrogens is 1. The van der Waals surface area contributed by atoms with Crippen molar-refractivity contribution in [3.8, 4) is 0 Å². The van der Waals surface area contributed by atoms with E-state index in [-0.39, 0.29) is 16.3 Å². The van der Waals surface area contributed by atoms with Crippen molar-refractivity contribution in [3.63, 3.8) is 0 Å². The van der Waals surface area contributed by atoms with Crippen molar-refractivity contribution in [1.29, 1.82) is 0 Å². The fourth-order valence-corrected chi connectivity index (χ4v) is 4.45. The highest BCUT2D eigenvalue weighted by atomic mass is 35.5. The fourth-order valence-electron chi connectivity index (χ4n) is 2.18. The van der Waals surface area contributed by atoms with Crippen molar-refractivity contribution in [2.75, 3.05) is 0 Å². The molecule has 12 nitrogen and oxygen atoms in total. The maximum absolute atomic E-state index is 12.4. The lowest BCUT2D eigenvalue weighted by atomic mass is 10.3. The van der Waals surface area contributed by atoms with Gasteiger partial charge in [0, 0.05) is 18.0 Å². The highest BCUT2D eigenvalue weighted by Gasteiger charge is 2.28. The number of hydrogen-bond donors (Lipinski definition) is 4. The number of carbonyl (C=O) groups is 2. The van der Waals surface area contributed by atoms with Gasteiger partial charge in [0.25, 0.3) is 5.91 Å². The van der Waals surface area contributed by atoms with Gasteiger partial charge >= 0.3 is 5.91 Å². The monoisotopic (exact) mass is 458 g/mol. The van der Waals surface area contributed by atoms with Crippen LogP contribution in [0, 0.1) is 0 Å². The second kappa shape index (κ2) is 7.49. The Balaban J connectivity index is 1.90. The molecule has 1 atom stereocenters. The summed E-state index contributed by atoms with van der Waals surface area (Å²) in [6, 6.07) is 4.52. The SMILES string of the molecule is NS(=O)(=O)c1cc2c(cc1Cl)N=C(C(=O)NNC(=O)c1ccncc1)N=S2(=O)O. The van der Waals surface area contributed by atoms with Crippen molar-refractivity contribution in [2.45, 2.75) is 9.79 Å². The quantitative estimate of drug-likeness (QED) is 0.471. The Hall–Kier alpha value is -2.91. The molecule has 5 N–H and O–H groups in total. The lowest BCUT2D eigenvalue weighted by molar-refractivity contribution is -0.115. The lowest BCUT2D eigenvalue weighted by Gasteiger charge is -2.15. The second-order valence-electron chi connectivity index (χ2n) is 5.46. The number of nitrogens with zero attached hydrogens (tertiary/aromatic N) is 3. The highest BCUT2D eigenvalue weighted by molar-refractivity contribution is 7.90. The largest absolute Gasteiger partial charge is 0.308 e. The van der Waals surface area contributed by atoms with Crippen LogP contribution in [-0.2, 0) is 24.8 Å². The molecule has 1 aromatic heterocycles. The van der Waals surface area contributed by atoms with Gasteiger partial charge in [-0.2, -0.15) is 0 Å². The number of hydrogen-bond acceptors (Lipinski definition) is 8. The number of amidine groups is 1. The van der Waals surface area contributed by atoms with Gasteiger partial charge in [-0.05, 0) is 24.3 Å². The summed E-state index contributed by atoms with van der Waals surface area (Å²) in [5.41, 5.74) is 4.03. The van der Waals surface area contributed by atoms with Crippen LogP contribution >= 0.6 is 11.6 Å². The van der Waals surface area contributed by atoms with E-state index in [9.17, 15) is 26.8 Å². The molecule has 0 radical (unpaired) electrons. The van der Waals surface area contributed by atoms with Crippen molar-refractivity contribution in [3.05, 3.63) is 47.2 Å². The summed E-state index contributed by atoms with van der Waals surface area (Å²) in [6.45, 7) is 0. The number of sulfonamides is 1. The average molecular weight is 459 g/mol. The second-order valence-corrected chi connectivity index (χ2v) is 9.02. The normalized spacial score (nSPS) is 18.1. The van der Waals surface area contributed by atoms with Gasteiger partial charge in [-0.3, -0.25) is 30.0 Å². The van der Waals surface area contributed by atoms with Crippen LogP contribution in [0.3, 0.4) is 0 Å². The van der Waals surface area contributed by atoms with Crippen LogP contribution in [0.2, 0.25) is 5.02 Å². The van der Waals surface area contributed by atoms with Crippen LogP contribution in [0.15, 0.2) is 55.8 Å². The minimum Gasteiger partial charge on any atom is -0.296 e. The van der Waals surface area contributed by atoms with Gasteiger partial charge in [-0.15, -0.1) is 4.36 Å². The van der Waals surface area contributed by atoms with Gasteiger partial charge in [-0.25, -0.2) is 22.8 Å². The molecule has 0 saturated heterocycles. The Morgan fingerprint density at radius 2 is 1.76 bits per heavy atom. The summed E-state index contributed by atoms with van der Waals surface area (Å²) in [4.78, 5) is 30.6. The molecular formula is C14H11ClN6O6S2. The fraction of sp³-hybridized carbons (Fsp3) is 0. The predicted octanol–water partition coefficient (Wildman–Crippen LogP) is 0.187. The van der Waals surface area contributed by atoms with Gasteiger partial charge in [0.2, 0.25) is 15.9 Å². The van der Waals surface area contributed by atoms with E-state index < -0.39 is 47.5 Å². The third-order valence-electron chi connectivity index (χ3n) is 3.48. The topological polar surface area (TPSA) is 193 Å². The molecule has 0 fully saturated rings. The Morgan fingerprint density at radius 3 is 2.38 bits per heavy atom. The number of hydrazine groups is 1. The van der Waals surface area contributed by atoms with Gasteiger partial charge in [0.1, 0.15) is 9.79 Å². The van der Waals surface area contributed by atoms with E-state index in [2.05, 4.69) is 19.8 Å². The number of fused-ring (bicyclic) bond motifs is 1. The van der Waals surface area contributed by atoms with E-state index in [0.29, 0.717) is 0 Å². The van der Waals surface area contributed by atoms with Gasteiger partial charge in [-0.1, -0.05) is 11.6 Å². The van der Waals surface area contributed by atoms with E-state index in [1.54, 1.807) is 0 Å². The number of rotatable bonds is 3. The zero-order chi connectivity index (χ0) is 21.4. The van der Waals surface area contributed by atoms with E-state index in [1.165, 1.54) is 24.5 Å². The summed E-state index contributed by atoms with van der Waals surface area (Å²) in [5.74, 6) is -2.51. The lowest BCUT2D eigenvalue weighted by Crippen LogP contribution is -2.44. The van der Waals surface area contributed by atoms with Crippen molar-refractivity contribution < 1.29 is 26.8 Å². The van der Waals surface area contributed by atoms with Crippen molar-refractivity contribution >= 4 is 55.0 Å². The Morgan fingerprint density at radius 1 is 1.14 bits per heavy atom. The smallest absolute Gasteiger partial charge is 0.296 e. The van der Waals surface area contributed by atoms with Crippen molar-refractivity contribution in [2.24, 2.45) is 14.5 Å². The molecular weight excluding hydrogens is 448 g/mol. The van der Waals surface area contributed by atoms with Crippen molar-refractivity contribution in [1.82, 2.24) is 15.8 Å². The van der Waals surface area contributed by atoms with Gasteiger partial charge in [0.15, 0.2) is 10.0 Å². The molecule has 0 spiro atoms. The maximum atomic E-state index is 12.4. The molecule has 1 aliphatic heterocycles. The zero-order valence-electron chi connectivity index (χ0n) is 14.1. The molecule has 2 amide bonds. The predicted molar refractivity (Wildman–Crippen MR) is 101 cm³/mol. The third-order valence-corrected chi connectivity index (χ3v) is 6.17. The molecule has 0 aliphatic carbocycles. The third kappa shape index (κ3) is 4.41. The van der Waals surface area contributed by atoms with Crippen LogP contribution < -0.4 is 16.0 Å². The molecule has 1 unspecified atom stereocenters. The molecule has 1 aliphatic rings. The number of primary sulfonamides is 1. The highest BCUT2D eigenvalue weighted by Crippen LogP contribution is 2.35. The van der Waals surface area contributed by atoms with Crippen LogP contribution in [0.1, 0.15) is 10.4 Å². The first kappa shape index (κ1) is 20.8. The molecule has 1 aromatic carbocycles. The number of benzene rings is 1. The summed E-state index contributed by atoms with van der Waals surface area (Å²) in [5, 5.41) is 4.65. The summed E-state index contributed by atoms with van der Waals surface area (Å²) in [7, 11) is -8.52. The van der Waals surface area contributed by atoms with Gasteiger partial charge < -0.3 is 0 Å². The van der Waals surface area contributed by atoms with Crippen LogP contribution in [0.5, 0.6) is 0 Å². The van der Waals surface area contributed by atoms with E-state index >= 15 is 0 Å². The Labute approximate surface area is 169 Å². The minimum absolute atomic E-state index is 0.196.